The van der Waals surface area contributed by atoms with E-state index in [1.165, 1.54) is 32.0 Å². The maximum atomic E-state index is 5.82. The summed E-state index contributed by atoms with van der Waals surface area (Å²) >= 11 is 7.52. The number of halogens is 1. The molecule has 1 aliphatic rings. The van der Waals surface area contributed by atoms with Gasteiger partial charge in [-0.2, -0.15) is 0 Å². The zero-order valence-corrected chi connectivity index (χ0v) is 10.0. The van der Waals surface area contributed by atoms with Crippen LogP contribution in [0, 0.1) is 5.92 Å². The lowest BCUT2D eigenvalue weighted by Crippen LogP contribution is -2.00. The average molecular weight is 244 g/mol. The number of hydrogen-bond donors (Lipinski definition) is 1. The standard InChI is InChI=1S/C10H14ClN3S/c11-9-8(12)10(14-6-13-9)15-5-7-3-1-2-4-7/h6-7H,1-5,12H2. The highest BCUT2D eigenvalue weighted by molar-refractivity contribution is 7.99. The topological polar surface area (TPSA) is 51.8 Å². The first-order valence-electron chi connectivity index (χ1n) is 5.16. The van der Waals surface area contributed by atoms with Gasteiger partial charge in [-0.3, -0.25) is 0 Å². The molecule has 0 saturated heterocycles. The number of nitrogen functional groups attached to an aromatic ring is 1. The first kappa shape index (κ1) is 11.0. The molecule has 0 unspecified atom stereocenters. The van der Waals surface area contributed by atoms with Crippen LogP contribution in [0.2, 0.25) is 5.15 Å². The van der Waals surface area contributed by atoms with Crippen LogP contribution in [0.1, 0.15) is 25.7 Å². The molecule has 2 N–H and O–H groups in total. The highest BCUT2D eigenvalue weighted by atomic mass is 35.5. The van der Waals surface area contributed by atoms with Crippen LogP contribution in [0.5, 0.6) is 0 Å². The van der Waals surface area contributed by atoms with Gasteiger partial charge >= 0.3 is 0 Å². The SMILES string of the molecule is Nc1c(Cl)ncnc1SCC1CCCC1. The van der Waals surface area contributed by atoms with Crippen molar-refractivity contribution in [1.29, 1.82) is 0 Å². The normalized spacial score (nSPS) is 17.1. The molecule has 0 atom stereocenters. The van der Waals surface area contributed by atoms with E-state index in [-0.39, 0.29) is 0 Å². The second-order valence-electron chi connectivity index (χ2n) is 3.84. The molecule has 0 aliphatic heterocycles. The monoisotopic (exact) mass is 243 g/mol. The number of nitrogens with two attached hydrogens (primary N) is 1. The van der Waals surface area contributed by atoms with E-state index in [1.807, 2.05) is 0 Å². The minimum absolute atomic E-state index is 0.360. The number of rotatable bonds is 3. The minimum Gasteiger partial charge on any atom is -0.394 e. The Kier molecular flexibility index (Phi) is 3.70. The highest BCUT2D eigenvalue weighted by Gasteiger charge is 2.16. The van der Waals surface area contributed by atoms with Crippen molar-refractivity contribution in [3.05, 3.63) is 11.5 Å². The molecule has 0 radical (unpaired) electrons. The largest absolute Gasteiger partial charge is 0.394 e. The summed E-state index contributed by atoms with van der Waals surface area (Å²) in [6, 6.07) is 0. The Hall–Kier alpha value is -0.480. The van der Waals surface area contributed by atoms with Crippen molar-refractivity contribution < 1.29 is 0 Å². The van der Waals surface area contributed by atoms with Crippen LogP contribution in [-0.4, -0.2) is 15.7 Å². The van der Waals surface area contributed by atoms with Crippen molar-refractivity contribution in [2.45, 2.75) is 30.7 Å². The summed E-state index contributed by atoms with van der Waals surface area (Å²) in [7, 11) is 0. The molecule has 0 aromatic carbocycles. The quantitative estimate of drug-likeness (QED) is 0.655. The van der Waals surface area contributed by atoms with Crippen LogP contribution < -0.4 is 5.73 Å². The Labute approximate surface area is 98.8 Å². The summed E-state index contributed by atoms with van der Waals surface area (Å²) in [6.45, 7) is 0. The van der Waals surface area contributed by atoms with Gasteiger partial charge in [0.25, 0.3) is 0 Å². The summed E-state index contributed by atoms with van der Waals surface area (Å²) in [5, 5.41) is 1.18. The van der Waals surface area contributed by atoms with Crippen LogP contribution in [0.3, 0.4) is 0 Å². The number of nitrogens with zero attached hydrogens (tertiary/aromatic N) is 2. The molecule has 0 amide bonds. The van der Waals surface area contributed by atoms with Gasteiger partial charge in [0, 0.05) is 5.75 Å². The Morgan fingerprint density at radius 2 is 2.13 bits per heavy atom. The fourth-order valence-corrected chi connectivity index (χ4v) is 3.14. The van der Waals surface area contributed by atoms with Crippen LogP contribution >= 0.6 is 23.4 Å². The van der Waals surface area contributed by atoms with Gasteiger partial charge in [0.1, 0.15) is 17.0 Å². The van der Waals surface area contributed by atoms with Crippen molar-refractivity contribution in [1.82, 2.24) is 9.97 Å². The van der Waals surface area contributed by atoms with Gasteiger partial charge in [-0.15, -0.1) is 11.8 Å². The van der Waals surface area contributed by atoms with E-state index in [0.29, 0.717) is 10.8 Å². The van der Waals surface area contributed by atoms with Crippen LogP contribution in [0.15, 0.2) is 11.4 Å². The summed E-state index contributed by atoms with van der Waals surface area (Å²) in [4.78, 5) is 7.98. The predicted octanol–water partition coefficient (Wildman–Crippen LogP) is 2.99. The predicted molar refractivity (Wildman–Crippen MR) is 64.1 cm³/mol. The third kappa shape index (κ3) is 2.75. The zero-order chi connectivity index (χ0) is 10.7. The van der Waals surface area contributed by atoms with Gasteiger partial charge < -0.3 is 5.73 Å². The van der Waals surface area contributed by atoms with Crippen LogP contribution in [0.25, 0.3) is 0 Å². The van der Waals surface area contributed by atoms with Crippen molar-refractivity contribution in [2.24, 2.45) is 5.92 Å². The molecule has 0 spiro atoms. The molecule has 82 valence electrons. The van der Waals surface area contributed by atoms with E-state index in [4.69, 9.17) is 17.3 Å². The Morgan fingerprint density at radius 3 is 2.87 bits per heavy atom. The van der Waals surface area contributed by atoms with Crippen molar-refractivity contribution in [3.63, 3.8) is 0 Å². The first-order valence-corrected chi connectivity index (χ1v) is 6.52. The molecule has 1 aromatic rings. The van der Waals surface area contributed by atoms with Gasteiger partial charge in [0.2, 0.25) is 0 Å². The van der Waals surface area contributed by atoms with Gasteiger partial charge in [0.05, 0.1) is 0 Å². The van der Waals surface area contributed by atoms with E-state index in [0.717, 1.165) is 16.7 Å². The molecule has 1 fully saturated rings. The van der Waals surface area contributed by atoms with E-state index >= 15 is 0 Å². The molecule has 3 nitrogen and oxygen atoms in total. The lowest BCUT2D eigenvalue weighted by atomic mass is 10.1. The number of hydrogen-bond acceptors (Lipinski definition) is 4. The van der Waals surface area contributed by atoms with E-state index in [9.17, 15) is 0 Å². The summed E-state index contributed by atoms with van der Waals surface area (Å²) < 4.78 is 0. The Bertz CT molecular complexity index is 339. The average Bonchev–Trinajstić information content (AvgIpc) is 2.73. The van der Waals surface area contributed by atoms with Gasteiger partial charge in [-0.25, -0.2) is 9.97 Å². The summed E-state index contributed by atoms with van der Waals surface area (Å²) in [5.74, 6) is 1.92. The third-order valence-electron chi connectivity index (χ3n) is 2.73. The highest BCUT2D eigenvalue weighted by Crippen LogP contribution is 2.33. The smallest absolute Gasteiger partial charge is 0.156 e. The molecule has 1 heterocycles. The summed E-state index contributed by atoms with van der Waals surface area (Å²) in [6.07, 6.45) is 6.88. The van der Waals surface area contributed by atoms with Crippen molar-refractivity contribution in [2.75, 3.05) is 11.5 Å². The van der Waals surface area contributed by atoms with Crippen LogP contribution in [0.4, 0.5) is 5.69 Å². The van der Waals surface area contributed by atoms with Crippen molar-refractivity contribution >= 4 is 29.1 Å². The molecule has 1 aliphatic carbocycles. The number of anilines is 1. The number of aromatic nitrogens is 2. The minimum atomic E-state index is 0.360. The molecular formula is C10H14ClN3S. The molecule has 5 heteroatoms. The lowest BCUT2D eigenvalue weighted by Gasteiger charge is -2.09. The number of thioether (sulfide) groups is 1. The molecule has 1 saturated carbocycles. The molecular weight excluding hydrogens is 230 g/mol. The Balaban J connectivity index is 1.95. The second kappa shape index (κ2) is 5.03. The fourth-order valence-electron chi connectivity index (χ4n) is 1.85. The van der Waals surface area contributed by atoms with Gasteiger partial charge in [0.15, 0.2) is 5.15 Å². The van der Waals surface area contributed by atoms with E-state index in [2.05, 4.69) is 9.97 Å². The van der Waals surface area contributed by atoms with Crippen LogP contribution in [-0.2, 0) is 0 Å². The van der Waals surface area contributed by atoms with Gasteiger partial charge in [-0.05, 0) is 18.8 Å². The molecule has 15 heavy (non-hydrogen) atoms. The fraction of sp³-hybridized carbons (Fsp3) is 0.600. The Morgan fingerprint density at radius 1 is 1.40 bits per heavy atom. The maximum absolute atomic E-state index is 5.82. The third-order valence-corrected chi connectivity index (χ3v) is 4.27. The van der Waals surface area contributed by atoms with E-state index < -0.39 is 0 Å². The lowest BCUT2D eigenvalue weighted by molar-refractivity contribution is 0.623. The maximum Gasteiger partial charge on any atom is 0.156 e. The van der Waals surface area contributed by atoms with Crippen molar-refractivity contribution in [3.8, 4) is 0 Å². The second-order valence-corrected chi connectivity index (χ2v) is 5.21. The zero-order valence-electron chi connectivity index (χ0n) is 8.45. The molecule has 0 bridgehead atoms. The first-order chi connectivity index (χ1) is 7.27. The molecule has 1 aromatic heterocycles. The summed E-state index contributed by atoms with van der Waals surface area (Å²) in [5.41, 5.74) is 6.31. The molecule has 2 rings (SSSR count). The van der Waals surface area contributed by atoms with Gasteiger partial charge in [-0.1, -0.05) is 24.4 Å². The van der Waals surface area contributed by atoms with E-state index in [1.54, 1.807) is 11.8 Å².